The van der Waals surface area contributed by atoms with Crippen molar-refractivity contribution in [2.45, 2.75) is 26.3 Å². The minimum atomic E-state index is -0.382. The van der Waals surface area contributed by atoms with Gasteiger partial charge in [0.1, 0.15) is 12.0 Å². The van der Waals surface area contributed by atoms with Crippen molar-refractivity contribution < 1.29 is 18.7 Å². The van der Waals surface area contributed by atoms with Gasteiger partial charge in [-0.25, -0.2) is 4.79 Å². The van der Waals surface area contributed by atoms with Crippen LogP contribution in [0.2, 0.25) is 0 Å². The zero-order valence-corrected chi connectivity index (χ0v) is 11.0. The van der Waals surface area contributed by atoms with Gasteiger partial charge in [0.15, 0.2) is 0 Å². The highest BCUT2D eigenvalue weighted by atomic mass is 16.5. The molecule has 0 aromatic carbocycles. The lowest BCUT2D eigenvalue weighted by molar-refractivity contribution is 0.0600. The Kier molecular flexibility index (Phi) is 7.13. The maximum absolute atomic E-state index is 11.2. The molecular formula is C13H21NO4. The van der Waals surface area contributed by atoms with Crippen LogP contribution in [0, 0.1) is 0 Å². The normalized spacial score (nSPS) is 10.6. The summed E-state index contributed by atoms with van der Waals surface area (Å²) in [5.74, 6) is 0.330. The van der Waals surface area contributed by atoms with Crippen molar-refractivity contribution in [1.82, 2.24) is 5.32 Å². The summed E-state index contributed by atoms with van der Waals surface area (Å²) in [5, 5.41) is 3.18. The van der Waals surface area contributed by atoms with Crippen LogP contribution in [-0.2, 0) is 16.0 Å². The third-order valence-electron chi connectivity index (χ3n) is 2.44. The second-order valence-corrected chi connectivity index (χ2v) is 3.94. The maximum atomic E-state index is 11.2. The molecule has 1 rings (SSSR count). The molecule has 5 nitrogen and oxygen atoms in total. The molecule has 0 aliphatic heterocycles. The zero-order valence-electron chi connectivity index (χ0n) is 11.0. The molecule has 5 heteroatoms. The van der Waals surface area contributed by atoms with Gasteiger partial charge in [0.05, 0.1) is 25.8 Å². The van der Waals surface area contributed by atoms with Gasteiger partial charge in [0.2, 0.25) is 0 Å². The van der Waals surface area contributed by atoms with Crippen molar-refractivity contribution in [2.75, 3.05) is 26.9 Å². The molecule has 18 heavy (non-hydrogen) atoms. The van der Waals surface area contributed by atoms with E-state index in [4.69, 9.17) is 9.15 Å². The molecule has 0 unspecified atom stereocenters. The van der Waals surface area contributed by atoms with Gasteiger partial charge in [-0.15, -0.1) is 0 Å². The summed E-state index contributed by atoms with van der Waals surface area (Å²) in [6.07, 6.45) is 3.65. The SMILES string of the molecule is CCCCOCCNCc1cc(C(=O)OC)co1. The van der Waals surface area contributed by atoms with Gasteiger partial charge in [0, 0.05) is 13.2 Å². The molecule has 0 radical (unpaired) electrons. The Balaban J connectivity index is 2.12. The highest BCUT2D eigenvalue weighted by Crippen LogP contribution is 2.08. The minimum Gasteiger partial charge on any atom is -0.467 e. The van der Waals surface area contributed by atoms with Gasteiger partial charge in [-0.1, -0.05) is 13.3 Å². The van der Waals surface area contributed by atoms with E-state index in [1.54, 1.807) is 6.07 Å². The number of carbonyl (C=O) groups excluding carboxylic acids is 1. The third kappa shape index (κ3) is 5.33. The van der Waals surface area contributed by atoms with Crippen LogP contribution in [0.1, 0.15) is 35.9 Å². The average molecular weight is 255 g/mol. The summed E-state index contributed by atoms with van der Waals surface area (Å²) in [4.78, 5) is 11.2. The number of hydrogen-bond acceptors (Lipinski definition) is 5. The number of methoxy groups -OCH3 is 1. The number of hydrogen-bond donors (Lipinski definition) is 1. The van der Waals surface area contributed by atoms with Crippen LogP contribution in [0.5, 0.6) is 0 Å². The molecule has 0 atom stereocenters. The van der Waals surface area contributed by atoms with E-state index in [1.165, 1.54) is 13.4 Å². The van der Waals surface area contributed by atoms with Crippen LogP contribution < -0.4 is 5.32 Å². The molecule has 0 amide bonds. The monoisotopic (exact) mass is 255 g/mol. The number of unbranched alkanes of at least 4 members (excludes halogenated alkanes) is 1. The summed E-state index contributed by atoms with van der Waals surface area (Å²) in [7, 11) is 1.35. The van der Waals surface area contributed by atoms with Gasteiger partial charge < -0.3 is 19.2 Å². The van der Waals surface area contributed by atoms with E-state index >= 15 is 0 Å². The first-order chi connectivity index (χ1) is 8.77. The maximum Gasteiger partial charge on any atom is 0.341 e. The van der Waals surface area contributed by atoms with Crippen molar-refractivity contribution in [3.05, 3.63) is 23.7 Å². The molecule has 102 valence electrons. The molecular weight excluding hydrogens is 234 g/mol. The van der Waals surface area contributed by atoms with E-state index < -0.39 is 0 Å². The Labute approximate surface area is 107 Å². The highest BCUT2D eigenvalue weighted by Gasteiger charge is 2.09. The fraction of sp³-hybridized carbons (Fsp3) is 0.615. The van der Waals surface area contributed by atoms with Crippen LogP contribution in [0.25, 0.3) is 0 Å². The molecule has 0 bridgehead atoms. The van der Waals surface area contributed by atoms with Crippen molar-refractivity contribution >= 4 is 5.97 Å². The van der Waals surface area contributed by atoms with E-state index in [1.807, 2.05) is 0 Å². The zero-order chi connectivity index (χ0) is 13.2. The number of ether oxygens (including phenoxy) is 2. The molecule has 1 N–H and O–H groups in total. The van der Waals surface area contributed by atoms with Gasteiger partial charge in [0.25, 0.3) is 0 Å². The number of esters is 1. The molecule has 0 fully saturated rings. The first kappa shape index (κ1) is 14.7. The van der Waals surface area contributed by atoms with Gasteiger partial charge in [-0.3, -0.25) is 0 Å². The standard InChI is InChI=1S/C13H21NO4/c1-3-4-6-17-7-5-14-9-12-8-11(10-18-12)13(15)16-2/h8,10,14H,3-7,9H2,1-2H3. The molecule has 0 aliphatic rings. The van der Waals surface area contributed by atoms with Crippen LogP contribution in [0.3, 0.4) is 0 Å². The topological polar surface area (TPSA) is 60.7 Å². The molecule has 0 saturated carbocycles. The van der Waals surface area contributed by atoms with Crippen LogP contribution in [0.15, 0.2) is 16.7 Å². The summed E-state index contributed by atoms with van der Waals surface area (Å²) >= 11 is 0. The molecule has 0 spiro atoms. The summed E-state index contributed by atoms with van der Waals surface area (Å²) < 4.78 is 15.2. The lowest BCUT2D eigenvalue weighted by atomic mass is 10.3. The minimum absolute atomic E-state index is 0.382. The van der Waals surface area contributed by atoms with E-state index in [0.717, 1.165) is 26.0 Å². The number of carbonyl (C=O) groups is 1. The molecule has 1 aromatic rings. The fourth-order valence-corrected chi connectivity index (χ4v) is 1.40. The van der Waals surface area contributed by atoms with Gasteiger partial charge in [-0.05, 0) is 12.5 Å². The fourth-order valence-electron chi connectivity index (χ4n) is 1.40. The second-order valence-electron chi connectivity index (χ2n) is 3.94. The molecule has 1 heterocycles. The first-order valence-corrected chi connectivity index (χ1v) is 6.22. The van der Waals surface area contributed by atoms with Crippen LogP contribution >= 0.6 is 0 Å². The Morgan fingerprint density at radius 2 is 2.28 bits per heavy atom. The number of furan rings is 1. The Morgan fingerprint density at radius 1 is 1.44 bits per heavy atom. The van der Waals surface area contributed by atoms with Gasteiger partial charge in [-0.2, -0.15) is 0 Å². The average Bonchev–Trinajstić information content (AvgIpc) is 2.85. The predicted octanol–water partition coefficient (Wildman–Crippen LogP) is 1.97. The summed E-state index contributed by atoms with van der Waals surface area (Å²) in [6.45, 7) is 4.97. The number of rotatable bonds is 9. The quantitative estimate of drug-likeness (QED) is 0.540. The largest absolute Gasteiger partial charge is 0.467 e. The van der Waals surface area contributed by atoms with Crippen molar-refractivity contribution in [1.29, 1.82) is 0 Å². The van der Waals surface area contributed by atoms with E-state index in [0.29, 0.717) is 24.5 Å². The van der Waals surface area contributed by atoms with E-state index in [2.05, 4.69) is 17.0 Å². The van der Waals surface area contributed by atoms with E-state index in [9.17, 15) is 4.79 Å². The number of nitrogens with one attached hydrogen (secondary N) is 1. The highest BCUT2D eigenvalue weighted by molar-refractivity contribution is 5.88. The summed E-state index contributed by atoms with van der Waals surface area (Å²) in [6, 6.07) is 1.68. The van der Waals surface area contributed by atoms with E-state index in [-0.39, 0.29) is 5.97 Å². The Hall–Kier alpha value is -1.33. The Bertz CT molecular complexity index is 349. The predicted molar refractivity (Wildman–Crippen MR) is 67.5 cm³/mol. The van der Waals surface area contributed by atoms with Crippen molar-refractivity contribution in [3.63, 3.8) is 0 Å². The summed E-state index contributed by atoms with van der Waals surface area (Å²) in [5.41, 5.74) is 0.438. The van der Waals surface area contributed by atoms with Crippen LogP contribution in [0.4, 0.5) is 0 Å². The van der Waals surface area contributed by atoms with Crippen molar-refractivity contribution in [2.24, 2.45) is 0 Å². The molecule has 0 saturated heterocycles. The third-order valence-corrected chi connectivity index (χ3v) is 2.44. The van der Waals surface area contributed by atoms with Crippen LogP contribution in [-0.4, -0.2) is 32.8 Å². The lowest BCUT2D eigenvalue weighted by Gasteiger charge is -2.03. The molecule has 1 aromatic heterocycles. The lowest BCUT2D eigenvalue weighted by Crippen LogP contribution is -2.19. The second kappa shape index (κ2) is 8.72. The first-order valence-electron chi connectivity index (χ1n) is 6.22. The van der Waals surface area contributed by atoms with Gasteiger partial charge >= 0.3 is 5.97 Å². The smallest absolute Gasteiger partial charge is 0.341 e. The van der Waals surface area contributed by atoms with Crippen molar-refractivity contribution in [3.8, 4) is 0 Å². The Morgan fingerprint density at radius 3 is 3.00 bits per heavy atom. The molecule has 0 aliphatic carbocycles.